The van der Waals surface area contributed by atoms with Crippen molar-refractivity contribution in [2.24, 2.45) is 0 Å². The first-order valence-corrected chi connectivity index (χ1v) is 10.3. The third-order valence-electron chi connectivity index (χ3n) is 4.42. The van der Waals surface area contributed by atoms with Gasteiger partial charge in [0.2, 0.25) is 5.91 Å². The summed E-state index contributed by atoms with van der Waals surface area (Å²) in [6.07, 6.45) is 3.25. The van der Waals surface area contributed by atoms with E-state index in [0.29, 0.717) is 11.6 Å². The Balaban J connectivity index is 1.46. The molecular formula is C21H18ClN5OS. The zero-order valence-electron chi connectivity index (χ0n) is 15.7. The lowest BCUT2D eigenvalue weighted by molar-refractivity contribution is -0.127. The molecule has 0 spiro atoms. The Morgan fingerprint density at radius 1 is 1.10 bits per heavy atom. The normalized spacial score (nSPS) is 11.0. The number of amides is 1. The largest absolute Gasteiger partial charge is 0.341 e. The molecule has 0 radical (unpaired) electrons. The van der Waals surface area contributed by atoms with Crippen LogP contribution in [0.5, 0.6) is 0 Å². The topological polar surface area (TPSA) is 63.9 Å². The first kappa shape index (κ1) is 19.4. The molecule has 0 fully saturated rings. The van der Waals surface area contributed by atoms with Gasteiger partial charge in [0, 0.05) is 18.6 Å². The van der Waals surface area contributed by atoms with Crippen LogP contribution in [-0.2, 0) is 11.3 Å². The molecule has 0 atom stereocenters. The molecule has 4 rings (SSSR count). The zero-order valence-corrected chi connectivity index (χ0v) is 17.3. The molecule has 0 N–H and O–H groups in total. The van der Waals surface area contributed by atoms with Gasteiger partial charge in [0.25, 0.3) is 0 Å². The highest BCUT2D eigenvalue weighted by molar-refractivity contribution is 8.00. The minimum absolute atomic E-state index is 0.0205. The average molecular weight is 424 g/mol. The van der Waals surface area contributed by atoms with Gasteiger partial charge < -0.3 is 4.90 Å². The number of halogens is 1. The molecule has 146 valence electrons. The van der Waals surface area contributed by atoms with Crippen LogP contribution in [0, 0.1) is 0 Å². The second-order valence-corrected chi connectivity index (χ2v) is 7.87. The van der Waals surface area contributed by atoms with E-state index >= 15 is 0 Å². The van der Waals surface area contributed by atoms with Gasteiger partial charge in [0.1, 0.15) is 11.4 Å². The number of hydrogen-bond acceptors (Lipinski definition) is 5. The van der Waals surface area contributed by atoms with Crippen molar-refractivity contribution < 1.29 is 4.79 Å². The van der Waals surface area contributed by atoms with Gasteiger partial charge in [-0.3, -0.25) is 4.79 Å². The van der Waals surface area contributed by atoms with E-state index in [-0.39, 0.29) is 11.7 Å². The smallest absolute Gasteiger partial charge is 0.233 e. The Morgan fingerprint density at radius 2 is 1.86 bits per heavy atom. The molecule has 2 heterocycles. The summed E-state index contributed by atoms with van der Waals surface area (Å²) in [6.45, 7) is 0.529. The van der Waals surface area contributed by atoms with Crippen LogP contribution in [0.15, 0.2) is 72.1 Å². The molecule has 8 heteroatoms. The molecule has 1 amide bonds. The maximum atomic E-state index is 12.6. The summed E-state index contributed by atoms with van der Waals surface area (Å²) in [7, 11) is 1.79. The maximum Gasteiger partial charge on any atom is 0.233 e. The number of para-hydroxylation sites is 1. The van der Waals surface area contributed by atoms with E-state index in [4.69, 9.17) is 11.6 Å². The van der Waals surface area contributed by atoms with Gasteiger partial charge in [-0.15, -0.1) is 0 Å². The van der Waals surface area contributed by atoms with E-state index in [0.717, 1.165) is 27.3 Å². The van der Waals surface area contributed by atoms with Crippen LogP contribution in [0.3, 0.4) is 0 Å². The minimum Gasteiger partial charge on any atom is -0.341 e. The molecule has 0 aliphatic rings. The number of nitrogens with zero attached hydrogens (tertiary/aromatic N) is 5. The van der Waals surface area contributed by atoms with Crippen molar-refractivity contribution in [2.75, 3.05) is 12.8 Å². The molecule has 0 bridgehead atoms. The quantitative estimate of drug-likeness (QED) is 0.343. The number of thioether (sulfide) groups is 1. The Bertz CT molecular complexity index is 1130. The van der Waals surface area contributed by atoms with Crippen LogP contribution in [0.1, 0.15) is 5.56 Å². The number of rotatable bonds is 6. The molecule has 2 aromatic heterocycles. The van der Waals surface area contributed by atoms with Crippen LogP contribution in [0.2, 0.25) is 5.02 Å². The van der Waals surface area contributed by atoms with E-state index < -0.39 is 0 Å². The van der Waals surface area contributed by atoms with Crippen LogP contribution >= 0.6 is 23.4 Å². The summed E-state index contributed by atoms with van der Waals surface area (Å²) in [5.41, 5.74) is 2.68. The fraction of sp³-hybridized carbons (Fsp3) is 0.143. The highest BCUT2D eigenvalue weighted by atomic mass is 35.5. The molecule has 0 aliphatic heterocycles. The molecule has 2 aromatic carbocycles. The highest BCUT2D eigenvalue weighted by Crippen LogP contribution is 2.26. The third kappa shape index (κ3) is 4.41. The fourth-order valence-electron chi connectivity index (χ4n) is 2.89. The predicted molar refractivity (Wildman–Crippen MR) is 115 cm³/mol. The van der Waals surface area contributed by atoms with Crippen molar-refractivity contribution in [1.29, 1.82) is 0 Å². The summed E-state index contributed by atoms with van der Waals surface area (Å²) < 4.78 is 1.77. The van der Waals surface area contributed by atoms with Crippen LogP contribution in [0.25, 0.3) is 16.7 Å². The van der Waals surface area contributed by atoms with E-state index in [1.54, 1.807) is 22.8 Å². The van der Waals surface area contributed by atoms with Crippen molar-refractivity contribution >= 4 is 40.3 Å². The summed E-state index contributed by atoms with van der Waals surface area (Å²) >= 11 is 7.31. The summed E-state index contributed by atoms with van der Waals surface area (Å²) in [5, 5.41) is 6.70. The Hall–Kier alpha value is -2.90. The van der Waals surface area contributed by atoms with Crippen molar-refractivity contribution in [3.63, 3.8) is 0 Å². The van der Waals surface area contributed by atoms with Crippen molar-refractivity contribution in [3.05, 3.63) is 77.7 Å². The summed E-state index contributed by atoms with van der Waals surface area (Å²) in [4.78, 5) is 23.0. The lowest BCUT2D eigenvalue weighted by Crippen LogP contribution is -2.27. The van der Waals surface area contributed by atoms with Crippen LogP contribution in [-0.4, -0.2) is 43.4 Å². The lowest BCUT2D eigenvalue weighted by atomic mass is 10.2. The molecule has 4 aromatic rings. The van der Waals surface area contributed by atoms with Gasteiger partial charge in [0.15, 0.2) is 5.65 Å². The molecule has 6 nitrogen and oxygen atoms in total. The molecule has 0 saturated carbocycles. The lowest BCUT2D eigenvalue weighted by Gasteiger charge is -2.17. The van der Waals surface area contributed by atoms with Crippen LogP contribution < -0.4 is 0 Å². The Labute approximate surface area is 177 Å². The van der Waals surface area contributed by atoms with Gasteiger partial charge >= 0.3 is 0 Å². The second kappa shape index (κ2) is 8.63. The number of fused-ring (bicyclic) bond motifs is 1. The number of carbonyl (C=O) groups excluding carboxylic acids is 1. The fourth-order valence-corrected chi connectivity index (χ4v) is 3.92. The van der Waals surface area contributed by atoms with Crippen molar-refractivity contribution in [3.8, 4) is 5.69 Å². The monoisotopic (exact) mass is 423 g/mol. The average Bonchev–Trinajstić information content (AvgIpc) is 3.19. The Kier molecular flexibility index (Phi) is 5.78. The van der Waals surface area contributed by atoms with E-state index in [1.165, 1.54) is 18.1 Å². The van der Waals surface area contributed by atoms with E-state index in [9.17, 15) is 4.79 Å². The van der Waals surface area contributed by atoms with Crippen molar-refractivity contribution in [1.82, 2.24) is 24.6 Å². The summed E-state index contributed by atoms with van der Waals surface area (Å²) in [5.74, 6) is 0.305. The predicted octanol–water partition coefficient (Wildman–Crippen LogP) is 4.22. The van der Waals surface area contributed by atoms with Gasteiger partial charge in [-0.1, -0.05) is 53.7 Å². The standard InChI is InChI=1S/C21H18ClN5OS/c1-26(12-15-7-9-16(22)10-8-15)19(28)13-29-21-18-11-25-27(20(18)23-14-24-21)17-5-3-2-4-6-17/h2-11,14H,12-13H2,1H3. The van der Waals surface area contributed by atoms with Gasteiger partial charge in [0.05, 0.1) is 23.0 Å². The second-order valence-electron chi connectivity index (χ2n) is 6.47. The first-order chi connectivity index (χ1) is 14.1. The number of aromatic nitrogens is 4. The summed E-state index contributed by atoms with van der Waals surface area (Å²) in [6, 6.07) is 17.3. The molecule has 0 unspecified atom stereocenters. The number of hydrogen-bond donors (Lipinski definition) is 0. The minimum atomic E-state index is 0.0205. The zero-order chi connectivity index (χ0) is 20.2. The Morgan fingerprint density at radius 3 is 2.62 bits per heavy atom. The number of carbonyl (C=O) groups is 1. The van der Waals surface area contributed by atoms with E-state index in [1.807, 2.05) is 54.6 Å². The molecule has 29 heavy (non-hydrogen) atoms. The van der Waals surface area contributed by atoms with Gasteiger partial charge in [-0.25, -0.2) is 14.6 Å². The van der Waals surface area contributed by atoms with Gasteiger partial charge in [-0.05, 0) is 29.8 Å². The van der Waals surface area contributed by atoms with E-state index in [2.05, 4.69) is 15.1 Å². The van der Waals surface area contributed by atoms with Gasteiger partial charge in [-0.2, -0.15) is 5.10 Å². The molecule has 0 aliphatic carbocycles. The van der Waals surface area contributed by atoms with Crippen LogP contribution in [0.4, 0.5) is 0 Å². The SMILES string of the molecule is CN(Cc1ccc(Cl)cc1)C(=O)CSc1ncnc2c1cnn2-c1ccccc1. The number of benzene rings is 2. The molecular weight excluding hydrogens is 406 g/mol. The third-order valence-corrected chi connectivity index (χ3v) is 5.66. The molecule has 0 saturated heterocycles. The first-order valence-electron chi connectivity index (χ1n) is 8.97. The highest BCUT2D eigenvalue weighted by Gasteiger charge is 2.15. The van der Waals surface area contributed by atoms with Crippen molar-refractivity contribution in [2.45, 2.75) is 11.6 Å². The maximum absolute atomic E-state index is 12.6.